The molecule has 0 unspecified atom stereocenters. The Bertz CT molecular complexity index is 944. The zero-order chi connectivity index (χ0) is 28.8. The summed E-state index contributed by atoms with van der Waals surface area (Å²) in [6.07, 6.45) is 27.3. The number of hydrogen-bond donors (Lipinski definition) is 0. The average Bonchev–Trinajstić information content (AvgIpc) is 2.96. The molecule has 0 N–H and O–H groups in total. The summed E-state index contributed by atoms with van der Waals surface area (Å²) >= 11 is 1.92. The van der Waals surface area contributed by atoms with Gasteiger partial charge < -0.3 is 0 Å². The lowest BCUT2D eigenvalue weighted by molar-refractivity contribution is 0.104. The van der Waals surface area contributed by atoms with Crippen molar-refractivity contribution < 1.29 is 4.79 Å². The Balaban J connectivity index is 1.75. The quantitative estimate of drug-likeness (QED) is 0.0580. The largest absolute Gasteiger partial charge is 0.289 e. The average molecular weight is 563 g/mol. The van der Waals surface area contributed by atoms with Gasteiger partial charge >= 0.3 is 0 Å². The van der Waals surface area contributed by atoms with Crippen molar-refractivity contribution in [2.45, 2.75) is 148 Å². The van der Waals surface area contributed by atoms with Gasteiger partial charge in [-0.1, -0.05) is 136 Å². The third-order valence-electron chi connectivity index (χ3n) is 7.83. The standard InChI is InChI=1S/C38H58OS/c1-5-9-10-11-12-13-14-15-16-17-18-19-29-40-36-26-24-33(25-27-36)38(39)28-23-32-30-34(20-6-2)37(22-8-4)35(31-32)21-7-3/h23-28,30-31H,5-22,29H2,1-4H3. The van der Waals surface area contributed by atoms with Gasteiger partial charge in [0.15, 0.2) is 5.78 Å². The molecule has 0 atom stereocenters. The van der Waals surface area contributed by atoms with E-state index in [1.807, 2.05) is 30.0 Å². The molecule has 0 amide bonds. The SMILES string of the molecule is CCCCCCCCCCCCCCSc1ccc(C(=O)C=Cc2cc(CCC)c(CCC)c(CCC)c2)cc1. The van der Waals surface area contributed by atoms with E-state index < -0.39 is 0 Å². The van der Waals surface area contributed by atoms with Gasteiger partial charge in [-0.2, -0.15) is 0 Å². The minimum atomic E-state index is 0.0872. The zero-order valence-corrected chi connectivity index (χ0v) is 27.2. The summed E-state index contributed by atoms with van der Waals surface area (Å²) in [4.78, 5) is 14.2. The fourth-order valence-electron chi connectivity index (χ4n) is 5.59. The number of unbranched alkanes of at least 4 members (excludes halogenated alkanes) is 11. The summed E-state index contributed by atoms with van der Waals surface area (Å²) in [6.45, 7) is 9.06. The molecule has 222 valence electrons. The van der Waals surface area contributed by atoms with E-state index in [0.717, 1.165) is 43.2 Å². The first-order valence-corrected chi connectivity index (χ1v) is 17.7. The highest BCUT2D eigenvalue weighted by Gasteiger charge is 2.10. The molecule has 0 aliphatic carbocycles. The highest BCUT2D eigenvalue weighted by molar-refractivity contribution is 7.99. The molecule has 0 saturated carbocycles. The number of rotatable bonds is 23. The predicted octanol–water partition coefficient (Wildman–Crippen LogP) is 12.2. The number of thioether (sulfide) groups is 1. The molecule has 1 nitrogen and oxygen atoms in total. The number of carbonyl (C=O) groups excluding carboxylic acids is 1. The number of benzene rings is 2. The normalized spacial score (nSPS) is 11.5. The molecule has 2 rings (SSSR count). The van der Waals surface area contributed by atoms with Crippen LogP contribution in [0.5, 0.6) is 0 Å². The summed E-state index contributed by atoms with van der Waals surface area (Å²) < 4.78 is 0. The highest BCUT2D eigenvalue weighted by atomic mass is 32.2. The van der Waals surface area contributed by atoms with Gasteiger partial charge in [-0.3, -0.25) is 4.79 Å². The first kappa shape index (κ1) is 34.4. The van der Waals surface area contributed by atoms with Crippen LogP contribution in [0.15, 0.2) is 47.4 Å². The van der Waals surface area contributed by atoms with Crippen molar-refractivity contribution in [2.24, 2.45) is 0 Å². The number of hydrogen-bond acceptors (Lipinski definition) is 2. The molecule has 0 aromatic heterocycles. The molecule has 0 aliphatic heterocycles. The van der Waals surface area contributed by atoms with Crippen LogP contribution in [0.1, 0.15) is 157 Å². The van der Waals surface area contributed by atoms with Gasteiger partial charge in [-0.05, 0) is 84.0 Å². The van der Waals surface area contributed by atoms with Crippen LogP contribution in [0, 0.1) is 0 Å². The Morgan fingerprint density at radius 3 is 1.62 bits per heavy atom. The maximum Gasteiger partial charge on any atom is 0.185 e. The summed E-state index contributed by atoms with van der Waals surface area (Å²) in [6, 6.07) is 12.8. The van der Waals surface area contributed by atoms with Crippen LogP contribution in [-0.2, 0) is 19.3 Å². The van der Waals surface area contributed by atoms with Gasteiger partial charge in [0.25, 0.3) is 0 Å². The van der Waals surface area contributed by atoms with Crippen molar-refractivity contribution in [3.63, 3.8) is 0 Å². The molecule has 2 aromatic rings. The molecule has 0 aliphatic rings. The first-order valence-electron chi connectivity index (χ1n) is 16.7. The lowest BCUT2D eigenvalue weighted by Gasteiger charge is -2.15. The van der Waals surface area contributed by atoms with E-state index in [-0.39, 0.29) is 5.78 Å². The molecule has 0 radical (unpaired) electrons. The van der Waals surface area contributed by atoms with Gasteiger partial charge in [0.05, 0.1) is 0 Å². The second-order valence-electron chi connectivity index (χ2n) is 11.5. The van der Waals surface area contributed by atoms with Gasteiger partial charge in [-0.15, -0.1) is 11.8 Å². The number of carbonyl (C=O) groups is 1. The Labute approximate surface area is 252 Å². The van der Waals surface area contributed by atoms with E-state index in [0.29, 0.717) is 0 Å². The molecule has 0 saturated heterocycles. The zero-order valence-electron chi connectivity index (χ0n) is 26.4. The minimum absolute atomic E-state index is 0.0872. The topological polar surface area (TPSA) is 17.1 Å². The fraction of sp³-hybridized carbons (Fsp3) is 0.605. The van der Waals surface area contributed by atoms with Gasteiger partial charge in [-0.25, -0.2) is 0 Å². The first-order chi connectivity index (χ1) is 19.6. The van der Waals surface area contributed by atoms with Crippen LogP contribution in [0.2, 0.25) is 0 Å². The Morgan fingerprint density at radius 1 is 0.625 bits per heavy atom. The fourth-order valence-corrected chi connectivity index (χ4v) is 6.51. The van der Waals surface area contributed by atoms with E-state index in [1.165, 1.54) is 105 Å². The van der Waals surface area contributed by atoms with Crippen LogP contribution >= 0.6 is 11.8 Å². The van der Waals surface area contributed by atoms with Crippen LogP contribution in [0.4, 0.5) is 0 Å². The van der Waals surface area contributed by atoms with Crippen molar-refractivity contribution in [1.82, 2.24) is 0 Å². The van der Waals surface area contributed by atoms with Crippen molar-refractivity contribution in [3.05, 3.63) is 70.3 Å². The third kappa shape index (κ3) is 13.7. The molecular weight excluding hydrogens is 504 g/mol. The maximum absolute atomic E-state index is 12.9. The van der Waals surface area contributed by atoms with Crippen LogP contribution in [-0.4, -0.2) is 11.5 Å². The monoisotopic (exact) mass is 562 g/mol. The summed E-state index contributed by atoms with van der Waals surface area (Å²) in [5.74, 6) is 1.25. The molecule has 40 heavy (non-hydrogen) atoms. The maximum atomic E-state index is 12.9. The van der Waals surface area contributed by atoms with Crippen molar-refractivity contribution in [2.75, 3.05) is 5.75 Å². The summed E-state index contributed by atoms with van der Waals surface area (Å²) in [5, 5.41) is 0. The molecule has 0 bridgehead atoms. The van der Waals surface area contributed by atoms with Crippen molar-refractivity contribution >= 4 is 23.6 Å². The van der Waals surface area contributed by atoms with Gasteiger partial charge in [0, 0.05) is 10.5 Å². The number of aryl methyl sites for hydroxylation is 2. The third-order valence-corrected chi connectivity index (χ3v) is 8.93. The predicted molar refractivity (Wildman–Crippen MR) is 180 cm³/mol. The molecular formula is C38H58OS. The van der Waals surface area contributed by atoms with Crippen molar-refractivity contribution in [1.29, 1.82) is 0 Å². The summed E-state index contributed by atoms with van der Waals surface area (Å²) in [7, 11) is 0. The van der Waals surface area contributed by atoms with E-state index in [4.69, 9.17) is 0 Å². The van der Waals surface area contributed by atoms with E-state index in [2.05, 4.69) is 52.0 Å². The smallest absolute Gasteiger partial charge is 0.185 e. The number of ketones is 1. The number of allylic oxidation sites excluding steroid dienone is 1. The lowest BCUT2D eigenvalue weighted by Crippen LogP contribution is -2.02. The Morgan fingerprint density at radius 2 is 1.12 bits per heavy atom. The van der Waals surface area contributed by atoms with Crippen LogP contribution < -0.4 is 0 Å². The van der Waals surface area contributed by atoms with Gasteiger partial charge in [0.2, 0.25) is 0 Å². The molecule has 0 fully saturated rings. The van der Waals surface area contributed by atoms with Crippen LogP contribution in [0.25, 0.3) is 6.08 Å². The van der Waals surface area contributed by atoms with E-state index in [9.17, 15) is 4.79 Å². The summed E-state index contributed by atoms with van der Waals surface area (Å²) in [5.41, 5.74) is 6.42. The molecule has 2 heteroatoms. The molecule has 0 heterocycles. The lowest BCUT2D eigenvalue weighted by atomic mass is 9.90. The highest BCUT2D eigenvalue weighted by Crippen LogP contribution is 2.25. The second kappa shape index (κ2) is 21.9. The van der Waals surface area contributed by atoms with E-state index in [1.54, 1.807) is 11.6 Å². The van der Waals surface area contributed by atoms with Crippen molar-refractivity contribution in [3.8, 4) is 0 Å². The Hall–Kier alpha value is -1.80. The van der Waals surface area contributed by atoms with Gasteiger partial charge in [0.1, 0.15) is 0 Å². The Kier molecular flexibility index (Phi) is 18.8. The molecule has 2 aromatic carbocycles. The minimum Gasteiger partial charge on any atom is -0.289 e. The molecule has 0 spiro atoms. The van der Waals surface area contributed by atoms with Crippen LogP contribution in [0.3, 0.4) is 0 Å². The van der Waals surface area contributed by atoms with E-state index >= 15 is 0 Å². The second-order valence-corrected chi connectivity index (χ2v) is 12.7.